The van der Waals surface area contributed by atoms with Crippen LogP contribution in [0.25, 0.3) is 0 Å². The number of ether oxygens (including phenoxy) is 4. The molecule has 0 bridgehead atoms. The second kappa shape index (κ2) is 6.83. The molecule has 0 N–H and O–H groups in total. The molecule has 5 heteroatoms. The normalized spacial score (nSPS) is 19.7. The fourth-order valence-corrected chi connectivity index (χ4v) is 2.95. The van der Waals surface area contributed by atoms with Crippen molar-refractivity contribution in [2.45, 2.75) is 18.4 Å². The lowest BCUT2D eigenvalue weighted by Gasteiger charge is -2.12. The molecule has 1 heterocycles. The first-order valence-corrected chi connectivity index (χ1v) is 7.72. The molecule has 1 saturated heterocycles. The number of benzene rings is 2. The molecule has 0 radical (unpaired) electrons. The second-order valence-corrected chi connectivity index (χ2v) is 5.60. The van der Waals surface area contributed by atoms with Gasteiger partial charge in [-0.2, -0.15) is 0 Å². The predicted octanol–water partition coefficient (Wildman–Crippen LogP) is 3.48. The molecule has 2 aromatic rings. The van der Waals surface area contributed by atoms with Gasteiger partial charge in [-0.3, -0.25) is 4.79 Å². The minimum atomic E-state index is -0.308. The number of cyclic esters (lactones) is 1. The van der Waals surface area contributed by atoms with Crippen molar-refractivity contribution < 1.29 is 23.7 Å². The van der Waals surface area contributed by atoms with Crippen LogP contribution in [0.2, 0.25) is 0 Å². The zero-order chi connectivity index (χ0) is 17.1. The monoisotopic (exact) mass is 328 g/mol. The minimum absolute atomic E-state index is 0.219. The van der Waals surface area contributed by atoms with Crippen LogP contribution in [-0.4, -0.2) is 27.3 Å². The van der Waals surface area contributed by atoms with Crippen LogP contribution in [0.15, 0.2) is 42.5 Å². The van der Waals surface area contributed by atoms with Crippen molar-refractivity contribution in [1.29, 1.82) is 0 Å². The van der Waals surface area contributed by atoms with Crippen LogP contribution in [0.4, 0.5) is 0 Å². The van der Waals surface area contributed by atoms with E-state index in [-0.39, 0.29) is 18.0 Å². The molecule has 24 heavy (non-hydrogen) atoms. The van der Waals surface area contributed by atoms with Gasteiger partial charge in [0.05, 0.1) is 27.2 Å². The maximum absolute atomic E-state index is 12.3. The van der Waals surface area contributed by atoms with E-state index in [1.807, 2.05) is 42.5 Å². The average molecular weight is 328 g/mol. The number of hydrogen-bond donors (Lipinski definition) is 0. The zero-order valence-electron chi connectivity index (χ0n) is 13.9. The smallest absolute Gasteiger partial charge is 0.314 e. The Bertz CT molecular complexity index is 723. The quantitative estimate of drug-likeness (QED) is 0.787. The summed E-state index contributed by atoms with van der Waals surface area (Å²) in [5, 5.41) is 0. The molecular weight excluding hydrogens is 308 g/mol. The van der Waals surface area contributed by atoms with E-state index >= 15 is 0 Å². The van der Waals surface area contributed by atoms with Gasteiger partial charge in [0, 0.05) is 6.42 Å². The molecular formula is C19H20O5. The van der Waals surface area contributed by atoms with Gasteiger partial charge < -0.3 is 18.9 Å². The third kappa shape index (κ3) is 3.02. The zero-order valence-corrected chi connectivity index (χ0v) is 13.9. The van der Waals surface area contributed by atoms with Crippen LogP contribution in [0.1, 0.15) is 29.6 Å². The molecule has 0 amide bonds. The maximum atomic E-state index is 12.3. The van der Waals surface area contributed by atoms with Gasteiger partial charge in [-0.1, -0.05) is 18.2 Å². The summed E-state index contributed by atoms with van der Waals surface area (Å²) in [5.74, 6) is 1.49. The molecule has 1 aliphatic heterocycles. The van der Waals surface area contributed by atoms with Gasteiger partial charge in [-0.15, -0.1) is 0 Å². The fraction of sp³-hybridized carbons (Fsp3) is 0.316. The molecule has 0 aromatic heterocycles. The van der Waals surface area contributed by atoms with E-state index in [0.29, 0.717) is 17.9 Å². The number of methoxy groups -OCH3 is 3. The number of carbonyl (C=O) groups excluding carboxylic acids is 1. The van der Waals surface area contributed by atoms with E-state index in [1.54, 1.807) is 21.3 Å². The highest BCUT2D eigenvalue weighted by Gasteiger charge is 2.36. The van der Waals surface area contributed by atoms with Gasteiger partial charge in [0.2, 0.25) is 0 Å². The molecule has 0 unspecified atom stereocenters. The molecule has 3 rings (SSSR count). The van der Waals surface area contributed by atoms with Crippen LogP contribution in [0.3, 0.4) is 0 Å². The summed E-state index contributed by atoms with van der Waals surface area (Å²) in [4.78, 5) is 12.3. The summed E-state index contributed by atoms with van der Waals surface area (Å²) >= 11 is 0. The first kappa shape index (κ1) is 16.2. The SMILES string of the molecule is COc1ccc([C@@H]2C[C@@H](c3ccc(OC)c(OC)c3)C(=O)O2)cc1. The van der Waals surface area contributed by atoms with Crippen molar-refractivity contribution in [3.8, 4) is 17.2 Å². The number of carbonyl (C=O) groups is 1. The Hall–Kier alpha value is -2.69. The minimum Gasteiger partial charge on any atom is -0.497 e. The van der Waals surface area contributed by atoms with Crippen LogP contribution < -0.4 is 14.2 Å². The molecule has 5 nitrogen and oxygen atoms in total. The topological polar surface area (TPSA) is 54.0 Å². The Balaban J connectivity index is 1.81. The van der Waals surface area contributed by atoms with Gasteiger partial charge in [0.25, 0.3) is 0 Å². The average Bonchev–Trinajstić information content (AvgIpc) is 3.03. The summed E-state index contributed by atoms with van der Waals surface area (Å²) < 4.78 is 21.3. The Morgan fingerprint density at radius 2 is 1.54 bits per heavy atom. The van der Waals surface area contributed by atoms with E-state index in [1.165, 1.54) is 0 Å². The van der Waals surface area contributed by atoms with Crippen molar-refractivity contribution in [2.75, 3.05) is 21.3 Å². The van der Waals surface area contributed by atoms with Gasteiger partial charge >= 0.3 is 5.97 Å². The first-order valence-electron chi connectivity index (χ1n) is 7.72. The second-order valence-electron chi connectivity index (χ2n) is 5.60. The Morgan fingerprint density at radius 3 is 2.17 bits per heavy atom. The summed E-state index contributed by atoms with van der Waals surface area (Å²) in [6.07, 6.45) is 0.349. The fourth-order valence-electron chi connectivity index (χ4n) is 2.95. The molecule has 2 atom stereocenters. The Labute approximate surface area is 141 Å². The van der Waals surface area contributed by atoms with E-state index in [4.69, 9.17) is 18.9 Å². The van der Waals surface area contributed by atoms with Crippen molar-refractivity contribution >= 4 is 5.97 Å². The molecule has 0 spiro atoms. The maximum Gasteiger partial charge on any atom is 0.314 e. The number of esters is 1. The highest BCUT2D eigenvalue weighted by atomic mass is 16.6. The largest absolute Gasteiger partial charge is 0.497 e. The first-order chi connectivity index (χ1) is 11.7. The molecule has 2 aromatic carbocycles. The molecule has 1 fully saturated rings. The Morgan fingerprint density at radius 1 is 0.875 bits per heavy atom. The van der Waals surface area contributed by atoms with E-state index < -0.39 is 0 Å². The van der Waals surface area contributed by atoms with Gasteiger partial charge in [0.1, 0.15) is 11.9 Å². The predicted molar refractivity (Wildman–Crippen MR) is 88.7 cm³/mol. The molecule has 1 aliphatic rings. The summed E-state index contributed by atoms with van der Waals surface area (Å²) in [7, 11) is 4.79. The van der Waals surface area contributed by atoms with E-state index in [9.17, 15) is 4.79 Å². The van der Waals surface area contributed by atoms with Gasteiger partial charge in [-0.25, -0.2) is 0 Å². The van der Waals surface area contributed by atoms with Gasteiger partial charge in [-0.05, 0) is 35.4 Å². The highest BCUT2D eigenvalue weighted by molar-refractivity contribution is 5.80. The molecule has 126 valence electrons. The summed E-state index contributed by atoms with van der Waals surface area (Å²) in [6, 6.07) is 13.1. The van der Waals surface area contributed by atoms with Crippen LogP contribution in [-0.2, 0) is 9.53 Å². The Kier molecular flexibility index (Phi) is 4.60. The third-order valence-corrected chi connectivity index (χ3v) is 4.29. The lowest BCUT2D eigenvalue weighted by Crippen LogP contribution is -2.06. The van der Waals surface area contributed by atoms with Crippen LogP contribution in [0, 0.1) is 0 Å². The third-order valence-electron chi connectivity index (χ3n) is 4.29. The van der Waals surface area contributed by atoms with E-state index in [0.717, 1.165) is 16.9 Å². The summed E-state index contributed by atoms with van der Waals surface area (Å²) in [5.41, 5.74) is 1.83. The molecule has 0 saturated carbocycles. The lowest BCUT2D eigenvalue weighted by atomic mass is 9.93. The van der Waals surface area contributed by atoms with Crippen LogP contribution in [0.5, 0.6) is 17.2 Å². The lowest BCUT2D eigenvalue weighted by molar-refractivity contribution is -0.142. The standard InChI is InChI=1S/C19H20O5/c1-21-14-7-4-12(5-8-14)17-11-15(19(20)24-17)13-6-9-16(22-2)18(10-13)23-3/h4-10,15,17H,11H2,1-3H3/t15-,17-/m0/s1. The van der Waals surface area contributed by atoms with E-state index in [2.05, 4.69) is 0 Å². The highest BCUT2D eigenvalue weighted by Crippen LogP contribution is 2.41. The van der Waals surface area contributed by atoms with Crippen molar-refractivity contribution in [3.63, 3.8) is 0 Å². The number of rotatable bonds is 5. The van der Waals surface area contributed by atoms with Crippen molar-refractivity contribution in [2.24, 2.45) is 0 Å². The van der Waals surface area contributed by atoms with Gasteiger partial charge in [0.15, 0.2) is 11.5 Å². The van der Waals surface area contributed by atoms with Crippen LogP contribution >= 0.6 is 0 Å². The molecule has 0 aliphatic carbocycles. The van der Waals surface area contributed by atoms with Crippen molar-refractivity contribution in [1.82, 2.24) is 0 Å². The summed E-state index contributed by atoms with van der Waals surface area (Å²) in [6.45, 7) is 0. The number of hydrogen-bond acceptors (Lipinski definition) is 5. The van der Waals surface area contributed by atoms with Crippen molar-refractivity contribution in [3.05, 3.63) is 53.6 Å².